The van der Waals surface area contributed by atoms with Crippen LogP contribution in [0.4, 0.5) is 0 Å². The number of aromatic nitrogens is 2. The van der Waals surface area contributed by atoms with Crippen molar-refractivity contribution in [3.05, 3.63) is 205 Å². The first-order chi connectivity index (χ1) is 27.1. The van der Waals surface area contributed by atoms with E-state index in [-0.39, 0.29) is 5.41 Å². The van der Waals surface area contributed by atoms with Gasteiger partial charge in [0.1, 0.15) is 11.2 Å². The third-order valence-electron chi connectivity index (χ3n) is 11.6. The highest BCUT2D eigenvalue weighted by Gasteiger charge is 2.41. The number of fused-ring (bicyclic) bond motifs is 7. The normalized spacial score (nSPS) is 14.7. The maximum atomic E-state index is 6.22. The third kappa shape index (κ3) is 4.83. The van der Waals surface area contributed by atoms with Crippen molar-refractivity contribution in [3.8, 4) is 56.2 Å². The van der Waals surface area contributed by atoms with E-state index in [2.05, 4.69) is 177 Å². The summed E-state index contributed by atoms with van der Waals surface area (Å²) in [6.07, 6.45) is 0. The number of hydrogen-bond donors (Lipinski definition) is 0. The van der Waals surface area contributed by atoms with Crippen LogP contribution in [0.15, 0.2) is 192 Å². The second-order valence-corrected chi connectivity index (χ2v) is 14.6. The molecule has 0 saturated carbocycles. The Morgan fingerprint density at radius 3 is 1.93 bits per heavy atom. The summed E-state index contributed by atoms with van der Waals surface area (Å²) >= 11 is 0. The van der Waals surface area contributed by atoms with Crippen LogP contribution in [0.25, 0.3) is 88.9 Å². The molecule has 1 unspecified atom stereocenters. The quantitative estimate of drug-likeness (QED) is 0.179. The van der Waals surface area contributed by atoms with Crippen molar-refractivity contribution in [2.75, 3.05) is 0 Å². The largest absolute Gasteiger partial charge is 0.456 e. The van der Waals surface area contributed by atoms with E-state index in [1.54, 1.807) is 0 Å². The van der Waals surface area contributed by atoms with E-state index in [0.29, 0.717) is 5.82 Å². The molecule has 258 valence electrons. The van der Waals surface area contributed by atoms with E-state index in [4.69, 9.17) is 14.4 Å². The minimum atomic E-state index is -0.309. The summed E-state index contributed by atoms with van der Waals surface area (Å²) in [4.78, 5) is 10.7. The molecule has 55 heavy (non-hydrogen) atoms. The molecule has 8 aromatic carbocycles. The lowest BCUT2D eigenvalue weighted by Crippen LogP contribution is -2.22. The zero-order chi connectivity index (χ0) is 36.5. The van der Waals surface area contributed by atoms with E-state index in [1.807, 2.05) is 18.2 Å². The van der Waals surface area contributed by atoms with Gasteiger partial charge in [-0.2, -0.15) is 0 Å². The van der Waals surface area contributed by atoms with Gasteiger partial charge in [0, 0.05) is 32.9 Å². The Morgan fingerprint density at radius 1 is 0.436 bits per heavy atom. The Labute approximate surface area is 319 Å². The molecule has 3 heteroatoms. The molecule has 2 heterocycles. The number of benzene rings is 8. The Hall–Kier alpha value is -7.10. The van der Waals surface area contributed by atoms with Gasteiger partial charge in [0.05, 0.1) is 11.4 Å². The predicted molar refractivity (Wildman–Crippen MR) is 226 cm³/mol. The fraction of sp³-hybridized carbons (Fsp3) is 0.0385. The second kappa shape index (κ2) is 12.2. The minimum Gasteiger partial charge on any atom is -0.456 e. The summed E-state index contributed by atoms with van der Waals surface area (Å²) in [6.45, 7) is 2.36. The van der Waals surface area contributed by atoms with Crippen molar-refractivity contribution in [2.45, 2.75) is 12.3 Å². The molecule has 2 aromatic heterocycles. The smallest absolute Gasteiger partial charge is 0.161 e. The zero-order valence-corrected chi connectivity index (χ0v) is 30.2. The molecule has 0 amide bonds. The summed E-state index contributed by atoms with van der Waals surface area (Å²) < 4.78 is 6.22. The molecule has 1 atom stereocenters. The van der Waals surface area contributed by atoms with Gasteiger partial charge in [0.25, 0.3) is 0 Å². The van der Waals surface area contributed by atoms with Gasteiger partial charge in [-0.1, -0.05) is 170 Å². The first-order valence-corrected chi connectivity index (χ1v) is 18.8. The van der Waals surface area contributed by atoms with Crippen LogP contribution >= 0.6 is 0 Å². The molecule has 0 N–H and O–H groups in total. The van der Waals surface area contributed by atoms with Gasteiger partial charge in [-0.05, 0) is 74.8 Å². The lowest BCUT2D eigenvalue weighted by Gasteiger charge is -2.28. The first-order valence-electron chi connectivity index (χ1n) is 18.8. The Bertz CT molecular complexity index is 3100. The van der Waals surface area contributed by atoms with Crippen LogP contribution in [-0.4, -0.2) is 9.97 Å². The SMILES string of the molecule is CC1(c2ccccc2)c2ccccc2-c2c(-c3cc(-c4ccc(-c5cccc6oc7ccccc7c56)cc4)nc(-c4cccc5ccccc45)n3)cccc21. The lowest BCUT2D eigenvalue weighted by atomic mass is 9.74. The molecule has 1 aliphatic carbocycles. The van der Waals surface area contributed by atoms with E-state index >= 15 is 0 Å². The summed E-state index contributed by atoms with van der Waals surface area (Å²) in [5.74, 6) is 0.706. The number of para-hydroxylation sites is 1. The zero-order valence-electron chi connectivity index (χ0n) is 30.2. The lowest BCUT2D eigenvalue weighted by molar-refractivity contribution is 0.669. The molecule has 1 aliphatic rings. The summed E-state index contributed by atoms with van der Waals surface area (Å²) in [5, 5.41) is 4.55. The number of rotatable bonds is 5. The monoisotopic (exact) mass is 702 g/mol. The van der Waals surface area contributed by atoms with Crippen LogP contribution in [0.2, 0.25) is 0 Å². The van der Waals surface area contributed by atoms with E-state index in [1.165, 1.54) is 27.8 Å². The molecule has 0 bridgehead atoms. The average molecular weight is 703 g/mol. The standard InChI is InChI=1S/C52H34N2O/c1-52(36-16-3-2-4-17-36)43-24-9-7-19-40(43)49-41(23-12-25-44(49)52)46-32-45(53-51(54-46)39-22-11-15-33-14-5-6-18-37(33)39)35-30-28-34(29-31-35)38-21-13-27-48-50(38)42-20-8-10-26-47(42)55-48/h2-32H,1H3. The van der Waals surface area contributed by atoms with Crippen molar-refractivity contribution < 1.29 is 4.42 Å². The molecule has 11 rings (SSSR count). The van der Waals surface area contributed by atoms with Crippen molar-refractivity contribution in [1.29, 1.82) is 0 Å². The van der Waals surface area contributed by atoms with Gasteiger partial charge in [0.15, 0.2) is 5.82 Å². The van der Waals surface area contributed by atoms with Crippen molar-refractivity contribution >= 4 is 32.7 Å². The van der Waals surface area contributed by atoms with Gasteiger partial charge in [-0.15, -0.1) is 0 Å². The highest BCUT2D eigenvalue weighted by molar-refractivity contribution is 6.12. The minimum absolute atomic E-state index is 0.309. The summed E-state index contributed by atoms with van der Waals surface area (Å²) in [7, 11) is 0. The van der Waals surface area contributed by atoms with Crippen molar-refractivity contribution in [3.63, 3.8) is 0 Å². The van der Waals surface area contributed by atoms with Gasteiger partial charge in [0.2, 0.25) is 0 Å². The highest BCUT2D eigenvalue weighted by atomic mass is 16.3. The van der Waals surface area contributed by atoms with E-state index in [0.717, 1.165) is 71.9 Å². The number of nitrogens with zero attached hydrogens (tertiary/aromatic N) is 2. The van der Waals surface area contributed by atoms with Crippen LogP contribution < -0.4 is 0 Å². The molecule has 0 radical (unpaired) electrons. The van der Waals surface area contributed by atoms with Crippen LogP contribution in [0.1, 0.15) is 23.6 Å². The molecule has 0 saturated heterocycles. The molecule has 0 spiro atoms. The number of hydrogen-bond acceptors (Lipinski definition) is 3. The fourth-order valence-electron chi connectivity index (χ4n) is 8.95. The summed E-state index contributed by atoms with van der Waals surface area (Å²) in [5.41, 5.74) is 15.0. The molecular weight excluding hydrogens is 669 g/mol. The van der Waals surface area contributed by atoms with E-state index < -0.39 is 0 Å². The molecule has 0 aliphatic heterocycles. The maximum absolute atomic E-state index is 6.22. The highest BCUT2D eigenvalue weighted by Crippen LogP contribution is 2.55. The van der Waals surface area contributed by atoms with Crippen LogP contribution in [-0.2, 0) is 5.41 Å². The first kappa shape index (κ1) is 31.4. The average Bonchev–Trinajstić information content (AvgIpc) is 3.77. The summed E-state index contributed by atoms with van der Waals surface area (Å²) in [6, 6.07) is 66.8. The van der Waals surface area contributed by atoms with Gasteiger partial charge < -0.3 is 4.42 Å². The molecule has 3 nitrogen and oxygen atoms in total. The van der Waals surface area contributed by atoms with Crippen LogP contribution in [0.5, 0.6) is 0 Å². The Balaban J connectivity index is 1.11. The predicted octanol–water partition coefficient (Wildman–Crippen LogP) is 13.5. The molecule has 0 fully saturated rings. The van der Waals surface area contributed by atoms with Crippen molar-refractivity contribution in [1.82, 2.24) is 9.97 Å². The van der Waals surface area contributed by atoms with E-state index in [9.17, 15) is 0 Å². The molecule has 10 aromatic rings. The van der Waals surface area contributed by atoms with Gasteiger partial charge >= 0.3 is 0 Å². The van der Waals surface area contributed by atoms with Crippen LogP contribution in [0, 0.1) is 0 Å². The maximum Gasteiger partial charge on any atom is 0.161 e. The second-order valence-electron chi connectivity index (χ2n) is 14.6. The van der Waals surface area contributed by atoms with Gasteiger partial charge in [-0.3, -0.25) is 0 Å². The van der Waals surface area contributed by atoms with Crippen LogP contribution in [0.3, 0.4) is 0 Å². The topological polar surface area (TPSA) is 38.9 Å². The number of furan rings is 1. The van der Waals surface area contributed by atoms with Crippen molar-refractivity contribution in [2.24, 2.45) is 0 Å². The Kier molecular flexibility index (Phi) is 6.99. The molecular formula is C52H34N2O. The van der Waals surface area contributed by atoms with Gasteiger partial charge in [-0.25, -0.2) is 9.97 Å². The third-order valence-corrected chi connectivity index (χ3v) is 11.6. The fourth-order valence-corrected chi connectivity index (χ4v) is 8.95. The Morgan fingerprint density at radius 2 is 1.04 bits per heavy atom.